The highest BCUT2D eigenvalue weighted by Crippen LogP contribution is 2.11. The van der Waals surface area contributed by atoms with Crippen molar-refractivity contribution in [3.63, 3.8) is 0 Å². The van der Waals surface area contributed by atoms with Crippen LogP contribution in [0.1, 0.15) is 30.9 Å². The average Bonchev–Trinajstić information content (AvgIpc) is 2.82. The topological polar surface area (TPSA) is 69.6 Å². The zero-order chi connectivity index (χ0) is 13.1. The summed E-state index contributed by atoms with van der Waals surface area (Å²) in [6.07, 6.45) is 5.01. The molecule has 0 unspecified atom stereocenters. The van der Waals surface area contributed by atoms with Gasteiger partial charge in [0.15, 0.2) is 5.82 Å². The molecule has 18 heavy (non-hydrogen) atoms. The van der Waals surface area contributed by atoms with Gasteiger partial charge >= 0.3 is 0 Å². The van der Waals surface area contributed by atoms with Gasteiger partial charge in [-0.25, -0.2) is 14.6 Å². The average molecular weight is 261 g/mol. The van der Waals surface area contributed by atoms with Crippen molar-refractivity contribution in [2.45, 2.75) is 26.7 Å². The molecule has 2 rings (SSSR count). The van der Waals surface area contributed by atoms with E-state index in [2.05, 4.69) is 35.0 Å². The summed E-state index contributed by atoms with van der Waals surface area (Å²) in [6, 6.07) is 2.09. The van der Waals surface area contributed by atoms with E-state index in [1.807, 2.05) is 4.68 Å². The molecule has 0 aliphatic carbocycles. The summed E-state index contributed by atoms with van der Waals surface area (Å²) in [7, 11) is 0. The molecule has 0 bridgehead atoms. The molecule has 0 aliphatic heterocycles. The highest BCUT2D eigenvalue weighted by Gasteiger charge is 2.09. The van der Waals surface area contributed by atoms with Gasteiger partial charge in [-0.15, -0.1) is 0 Å². The van der Waals surface area contributed by atoms with Crippen LogP contribution in [0, 0.1) is 0 Å². The molecule has 0 atom stereocenters. The fourth-order valence-corrected chi connectivity index (χ4v) is 1.76. The van der Waals surface area contributed by atoms with Crippen LogP contribution in [0.25, 0.3) is 5.82 Å². The van der Waals surface area contributed by atoms with Crippen LogP contribution >= 0.6 is 12.2 Å². The third-order valence-corrected chi connectivity index (χ3v) is 2.88. The Morgan fingerprint density at radius 3 is 2.56 bits per heavy atom. The van der Waals surface area contributed by atoms with Crippen molar-refractivity contribution in [2.75, 3.05) is 0 Å². The molecule has 2 aromatic heterocycles. The van der Waals surface area contributed by atoms with Crippen molar-refractivity contribution in [3.05, 3.63) is 35.5 Å². The van der Waals surface area contributed by atoms with E-state index in [0.29, 0.717) is 11.5 Å². The molecule has 94 valence electrons. The van der Waals surface area contributed by atoms with E-state index in [9.17, 15) is 0 Å². The van der Waals surface area contributed by atoms with E-state index >= 15 is 0 Å². The number of hydrogen-bond acceptors (Lipinski definition) is 4. The lowest BCUT2D eigenvalue weighted by Crippen LogP contribution is -2.13. The number of aryl methyl sites for hydroxylation is 2. The van der Waals surface area contributed by atoms with Crippen LogP contribution in [0.15, 0.2) is 18.5 Å². The highest BCUT2D eigenvalue weighted by molar-refractivity contribution is 7.80. The Kier molecular flexibility index (Phi) is 3.66. The smallest absolute Gasteiger partial charge is 0.172 e. The van der Waals surface area contributed by atoms with Gasteiger partial charge in [0.1, 0.15) is 10.7 Å². The molecule has 0 aromatic carbocycles. The molecule has 2 heterocycles. The lowest BCUT2D eigenvalue weighted by Gasteiger charge is -2.04. The molecule has 0 radical (unpaired) electrons. The summed E-state index contributed by atoms with van der Waals surface area (Å²) < 4.78 is 1.81. The number of hydrogen-bond donors (Lipinski definition) is 1. The SMILES string of the molecule is CCc1cc(CC)n(-c2cnc(C(N)=S)cn2)n1. The summed E-state index contributed by atoms with van der Waals surface area (Å²) in [5.41, 5.74) is 8.18. The fourth-order valence-electron chi connectivity index (χ4n) is 1.66. The van der Waals surface area contributed by atoms with Gasteiger partial charge in [0.05, 0.1) is 18.1 Å². The highest BCUT2D eigenvalue weighted by atomic mass is 32.1. The van der Waals surface area contributed by atoms with Crippen molar-refractivity contribution in [1.29, 1.82) is 0 Å². The van der Waals surface area contributed by atoms with Crippen LogP contribution in [0.4, 0.5) is 0 Å². The monoisotopic (exact) mass is 261 g/mol. The van der Waals surface area contributed by atoms with E-state index in [0.717, 1.165) is 24.2 Å². The van der Waals surface area contributed by atoms with Crippen molar-refractivity contribution >= 4 is 17.2 Å². The molecule has 5 nitrogen and oxygen atoms in total. The van der Waals surface area contributed by atoms with Gasteiger partial charge in [-0.2, -0.15) is 5.10 Å². The maximum atomic E-state index is 5.49. The van der Waals surface area contributed by atoms with E-state index in [-0.39, 0.29) is 4.99 Å². The Bertz CT molecular complexity index is 558. The molecule has 6 heteroatoms. The summed E-state index contributed by atoms with van der Waals surface area (Å²) in [6.45, 7) is 4.16. The first-order chi connectivity index (χ1) is 8.65. The van der Waals surface area contributed by atoms with Crippen molar-refractivity contribution in [1.82, 2.24) is 19.7 Å². The number of nitrogens with zero attached hydrogens (tertiary/aromatic N) is 4. The molecule has 0 aliphatic rings. The van der Waals surface area contributed by atoms with Crippen LogP contribution in [0.5, 0.6) is 0 Å². The van der Waals surface area contributed by atoms with E-state index < -0.39 is 0 Å². The Morgan fingerprint density at radius 2 is 2.06 bits per heavy atom. The quantitative estimate of drug-likeness (QED) is 0.843. The molecule has 0 saturated heterocycles. The fraction of sp³-hybridized carbons (Fsp3) is 0.333. The lowest BCUT2D eigenvalue weighted by molar-refractivity contribution is 0.766. The zero-order valence-corrected chi connectivity index (χ0v) is 11.2. The minimum absolute atomic E-state index is 0.250. The van der Waals surface area contributed by atoms with Gasteiger partial charge in [0.25, 0.3) is 0 Å². The van der Waals surface area contributed by atoms with Crippen LogP contribution in [-0.4, -0.2) is 24.7 Å². The summed E-state index contributed by atoms with van der Waals surface area (Å²) in [4.78, 5) is 8.72. The van der Waals surface area contributed by atoms with Crippen molar-refractivity contribution < 1.29 is 0 Å². The van der Waals surface area contributed by atoms with E-state index in [1.54, 1.807) is 12.4 Å². The second-order valence-electron chi connectivity index (χ2n) is 3.87. The lowest BCUT2D eigenvalue weighted by atomic mass is 10.3. The Labute approximate surface area is 111 Å². The number of aromatic nitrogens is 4. The molecule has 2 N–H and O–H groups in total. The van der Waals surface area contributed by atoms with Gasteiger partial charge in [0, 0.05) is 5.69 Å². The normalized spacial score (nSPS) is 10.6. The van der Waals surface area contributed by atoms with Crippen molar-refractivity contribution in [2.24, 2.45) is 5.73 Å². The predicted molar refractivity (Wildman–Crippen MR) is 73.8 cm³/mol. The third-order valence-electron chi connectivity index (χ3n) is 2.67. The minimum atomic E-state index is 0.250. The van der Waals surface area contributed by atoms with Gasteiger partial charge < -0.3 is 5.73 Å². The Balaban J connectivity index is 2.41. The molecule has 0 fully saturated rings. The van der Waals surface area contributed by atoms with Crippen LogP contribution in [0.2, 0.25) is 0 Å². The number of rotatable bonds is 4. The molecule has 0 saturated carbocycles. The van der Waals surface area contributed by atoms with Gasteiger partial charge in [0.2, 0.25) is 0 Å². The van der Waals surface area contributed by atoms with Gasteiger partial charge in [-0.05, 0) is 18.9 Å². The second kappa shape index (κ2) is 5.22. The van der Waals surface area contributed by atoms with Crippen LogP contribution in [0.3, 0.4) is 0 Å². The summed E-state index contributed by atoms with van der Waals surface area (Å²) in [5, 5.41) is 4.49. The van der Waals surface area contributed by atoms with Gasteiger partial charge in [-0.3, -0.25) is 0 Å². The number of thiocarbonyl (C=S) groups is 1. The molecule has 0 amide bonds. The first-order valence-electron chi connectivity index (χ1n) is 5.85. The molecular weight excluding hydrogens is 246 g/mol. The Hall–Kier alpha value is -1.82. The number of nitrogens with two attached hydrogens (primary N) is 1. The maximum Gasteiger partial charge on any atom is 0.172 e. The van der Waals surface area contributed by atoms with E-state index in [4.69, 9.17) is 18.0 Å². The Morgan fingerprint density at radius 1 is 1.28 bits per heavy atom. The zero-order valence-electron chi connectivity index (χ0n) is 10.4. The summed E-state index contributed by atoms with van der Waals surface area (Å²) in [5.74, 6) is 0.687. The first kappa shape index (κ1) is 12.6. The van der Waals surface area contributed by atoms with Gasteiger partial charge in [-0.1, -0.05) is 26.1 Å². The predicted octanol–water partition coefficient (Wildman–Crippen LogP) is 1.42. The largest absolute Gasteiger partial charge is 0.388 e. The van der Waals surface area contributed by atoms with Crippen molar-refractivity contribution in [3.8, 4) is 5.82 Å². The minimum Gasteiger partial charge on any atom is -0.388 e. The molecular formula is C12H15N5S. The first-order valence-corrected chi connectivity index (χ1v) is 6.26. The standard InChI is InChI=1S/C12H15N5S/c1-3-8-5-9(4-2)17(16-8)11-7-14-10(6-15-11)12(13)18/h5-7H,3-4H2,1-2H3,(H2,13,18). The van der Waals surface area contributed by atoms with E-state index in [1.165, 1.54) is 0 Å². The second-order valence-corrected chi connectivity index (χ2v) is 4.31. The summed E-state index contributed by atoms with van der Waals surface area (Å²) >= 11 is 4.85. The molecule has 2 aromatic rings. The van der Waals surface area contributed by atoms with Crippen LogP contribution in [-0.2, 0) is 12.8 Å². The van der Waals surface area contributed by atoms with Crippen LogP contribution < -0.4 is 5.73 Å². The maximum absolute atomic E-state index is 5.49. The molecule has 0 spiro atoms. The third kappa shape index (κ3) is 2.38.